The van der Waals surface area contributed by atoms with Crippen molar-refractivity contribution in [3.05, 3.63) is 18.2 Å². The number of aromatic amines is 1. The van der Waals surface area contributed by atoms with Crippen LogP contribution in [0.2, 0.25) is 0 Å². The topological polar surface area (TPSA) is 98.3 Å². The first-order chi connectivity index (χ1) is 9.99. The molecule has 1 aromatic rings. The Balaban J connectivity index is 1.99. The first-order valence-corrected chi connectivity index (χ1v) is 7.26. The van der Waals surface area contributed by atoms with Crippen LogP contribution in [0.25, 0.3) is 0 Å². The third kappa shape index (κ3) is 3.74. The van der Waals surface area contributed by atoms with Crippen molar-refractivity contribution in [3.8, 4) is 0 Å². The number of imidazole rings is 1. The number of nitrogens with one attached hydrogen (secondary N) is 2. The van der Waals surface area contributed by atoms with Crippen LogP contribution >= 0.6 is 0 Å². The lowest BCUT2D eigenvalue weighted by molar-refractivity contribution is -0.139. The van der Waals surface area contributed by atoms with Crippen molar-refractivity contribution in [2.45, 2.75) is 45.2 Å². The van der Waals surface area contributed by atoms with Crippen LogP contribution in [0.3, 0.4) is 0 Å². The number of aromatic nitrogens is 2. The van der Waals surface area contributed by atoms with E-state index >= 15 is 0 Å². The number of hydrogen-bond acceptors (Lipinski definition) is 3. The summed E-state index contributed by atoms with van der Waals surface area (Å²) in [6.45, 7) is 4.80. The molecular weight excluding hydrogens is 272 g/mol. The number of carboxylic acids is 1. The number of aliphatic carboxylic acids is 1. The molecule has 1 aliphatic rings. The van der Waals surface area contributed by atoms with E-state index in [9.17, 15) is 14.7 Å². The van der Waals surface area contributed by atoms with Gasteiger partial charge in [0.25, 0.3) is 0 Å². The van der Waals surface area contributed by atoms with Gasteiger partial charge in [0, 0.05) is 30.9 Å². The summed E-state index contributed by atoms with van der Waals surface area (Å²) in [4.78, 5) is 32.1. The van der Waals surface area contributed by atoms with Crippen molar-refractivity contribution in [3.63, 3.8) is 0 Å². The summed E-state index contributed by atoms with van der Waals surface area (Å²) in [6.07, 6.45) is 5.30. The van der Waals surface area contributed by atoms with E-state index < -0.39 is 12.0 Å². The predicted octanol–water partition coefficient (Wildman–Crippen LogP) is 1.24. The summed E-state index contributed by atoms with van der Waals surface area (Å²) < 4.78 is 0. The minimum Gasteiger partial charge on any atom is -0.480 e. The minimum atomic E-state index is -1.05. The second kappa shape index (κ2) is 6.60. The van der Waals surface area contributed by atoms with Crippen molar-refractivity contribution in [1.82, 2.24) is 20.2 Å². The Hall–Kier alpha value is -2.05. The van der Waals surface area contributed by atoms with Crippen molar-refractivity contribution < 1.29 is 14.7 Å². The highest BCUT2D eigenvalue weighted by Crippen LogP contribution is 2.22. The molecule has 1 fully saturated rings. The zero-order chi connectivity index (χ0) is 15.4. The second-order valence-electron chi connectivity index (χ2n) is 5.67. The summed E-state index contributed by atoms with van der Waals surface area (Å²) in [5.74, 6) is -0.615. The maximum absolute atomic E-state index is 12.3. The summed E-state index contributed by atoms with van der Waals surface area (Å²) in [6, 6.07) is -1.14. The minimum absolute atomic E-state index is 0.125. The fourth-order valence-electron chi connectivity index (χ4n) is 2.67. The molecule has 2 rings (SSSR count). The van der Waals surface area contributed by atoms with Crippen LogP contribution in [-0.2, 0) is 11.2 Å². The number of nitrogens with zero attached hydrogens (tertiary/aromatic N) is 2. The predicted molar refractivity (Wildman–Crippen MR) is 76.8 cm³/mol. The van der Waals surface area contributed by atoms with Gasteiger partial charge in [0.05, 0.1) is 6.33 Å². The van der Waals surface area contributed by atoms with E-state index in [0.29, 0.717) is 18.2 Å². The van der Waals surface area contributed by atoms with Crippen molar-refractivity contribution in [2.24, 2.45) is 5.92 Å². The van der Waals surface area contributed by atoms with Gasteiger partial charge < -0.3 is 20.3 Å². The number of carbonyl (C=O) groups is 2. The number of carboxylic acid groups (broad SMARTS) is 1. The van der Waals surface area contributed by atoms with Crippen LogP contribution in [0, 0.1) is 5.92 Å². The highest BCUT2D eigenvalue weighted by molar-refractivity contribution is 5.83. The Kier molecular flexibility index (Phi) is 4.82. The summed E-state index contributed by atoms with van der Waals surface area (Å²) in [5, 5.41) is 11.9. The zero-order valence-electron chi connectivity index (χ0n) is 12.4. The largest absolute Gasteiger partial charge is 0.480 e. The molecule has 1 aliphatic heterocycles. The highest BCUT2D eigenvalue weighted by atomic mass is 16.4. The van der Waals surface area contributed by atoms with E-state index in [1.54, 1.807) is 11.1 Å². The molecule has 1 saturated heterocycles. The average Bonchev–Trinajstić information content (AvgIpc) is 2.93. The summed E-state index contributed by atoms with van der Waals surface area (Å²) in [7, 11) is 0. The molecule has 2 unspecified atom stereocenters. The van der Waals surface area contributed by atoms with E-state index in [1.807, 2.05) is 6.92 Å². The molecular formula is C14H22N4O3. The standard InChI is InChI=1S/C14H22N4O3/c1-9-4-3-5-18(10(9)2)14(21)17-12(13(19)20)6-11-7-15-8-16-11/h7-10,12H,3-6H2,1-2H3,(H,15,16)(H,17,21)(H,19,20)/t9?,10?,12-/m0/s1. The molecule has 0 bridgehead atoms. The molecule has 2 heterocycles. The Labute approximate surface area is 123 Å². The molecule has 3 atom stereocenters. The summed E-state index contributed by atoms with van der Waals surface area (Å²) in [5.41, 5.74) is 0.683. The smallest absolute Gasteiger partial charge is 0.326 e. The monoisotopic (exact) mass is 294 g/mol. The van der Waals surface area contributed by atoms with Gasteiger partial charge in [0.1, 0.15) is 6.04 Å². The average molecular weight is 294 g/mol. The normalized spacial score (nSPS) is 23.6. The van der Waals surface area contributed by atoms with Crippen molar-refractivity contribution in [2.75, 3.05) is 6.54 Å². The van der Waals surface area contributed by atoms with Gasteiger partial charge in [0.15, 0.2) is 0 Å². The van der Waals surface area contributed by atoms with Crippen LogP contribution < -0.4 is 5.32 Å². The van der Waals surface area contributed by atoms with E-state index in [2.05, 4.69) is 22.2 Å². The Morgan fingerprint density at radius 3 is 2.95 bits per heavy atom. The van der Waals surface area contributed by atoms with Gasteiger partial charge in [0.2, 0.25) is 0 Å². The van der Waals surface area contributed by atoms with Gasteiger partial charge in [-0.15, -0.1) is 0 Å². The number of urea groups is 1. The van der Waals surface area contributed by atoms with Gasteiger partial charge in [-0.1, -0.05) is 6.92 Å². The lowest BCUT2D eigenvalue weighted by Gasteiger charge is -2.38. The van der Waals surface area contributed by atoms with Gasteiger partial charge in [-0.2, -0.15) is 0 Å². The third-order valence-corrected chi connectivity index (χ3v) is 4.21. The Morgan fingerprint density at radius 1 is 1.57 bits per heavy atom. The SMILES string of the molecule is CC1CCCN(C(=O)N[C@@H](Cc2cnc[nH]2)C(=O)O)C1C. The molecule has 116 valence electrons. The maximum atomic E-state index is 12.3. The van der Waals surface area contributed by atoms with Crippen molar-refractivity contribution in [1.29, 1.82) is 0 Å². The van der Waals surface area contributed by atoms with Gasteiger partial charge in [-0.25, -0.2) is 14.6 Å². The molecule has 7 nitrogen and oxygen atoms in total. The van der Waals surface area contributed by atoms with Crippen LogP contribution in [0.15, 0.2) is 12.5 Å². The van der Waals surface area contributed by atoms with E-state index in [1.165, 1.54) is 6.33 Å². The Morgan fingerprint density at radius 2 is 2.33 bits per heavy atom. The molecule has 3 N–H and O–H groups in total. The molecule has 1 aromatic heterocycles. The van der Waals surface area contributed by atoms with Gasteiger partial charge in [-0.3, -0.25) is 0 Å². The van der Waals surface area contributed by atoms with Crippen LogP contribution in [0.1, 0.15) is 32.4 Å². The number of piperidine rings is 1. The summed E-state index contributed by atoms with van der Waals surface area (Å²) >= 11 is 0. The molecule has 2 amide bonds. The maximum Gasteiger partial charge on any atom is 0.326 e. The number of hydrogen-bond donors (Lipinski definition) is 3. The number of carbonyl (C=O) groups excluding carboxylic acids is 1. The number of likely N-dealkylation sites (tertiary alicyclic amines) is 1. The fourth-order valence-corrected chi connectivity index (χ4v) is 2.67. The second-order valence-corrected chi connectivity index (χ2v) is 5.67. The van der Waals surface area contributed by atoms with Gasteiger partial charge in [-0.05, 0) is 25.7 Å². The van der Waals surface area contributed by atoms with Crippen LogP contribution in [0.4, 0.5) is 4.79 Å². The molecule has 0 aliphatic carbocycles. The van der Waals surface area contributed by atoms with E-state index in [-0.39, 0.29) is 18.5 Å². The first kappa shape index (κ1) is 15.3. The number of H-pyrrole nitrogens is 1. The lowest BCUT2D eigenvalue weighted by Crippen LogP contribution is -2.54. The molecule has 21 heavy (non-hydrogen) atoms. The van der Waals surface area contributed by atoms with E-state index in [0.717, 1.165) is 12.8 Å². The van der Waals surface area contributed by atoms with E-state index in [4.69, 9.17) is 0 Å². The lowest BCUT2D eigenvalue weighted by atomic mass is 9.92. The molecule has 0 radical (unpaired) electrons. The van der Waals surface area contributed by atoms with Gasteiger partial charge >= 0.3 is 12.0 Å². The van der Waals surface area contributed by atoms with Crippen LogP contribution in [0.5, 0.6) is 0 Å². The molecule has 0 saturated carbocycles. The highest BCUT2D eigenvalue weighted by Gasteiger charge is 2.31. The third-order valence-electron chi connectivity index (χ3n) is 4.21. The zero-order valence-corrected chi connectivity index (χ0v) is 12.4. The molecule has 7 heteroatoms. The quantitative estimate of drug-likeness (QED) is 0.778. The molecule has 0 spiro atoms. The molecule has 0 aromatic carbocycles. The number of rotatable bonds is 4. The first-order valence-electron chi connectivity index (χ1n) is 7.26. The number of amides is 2. The van der Waals surface area contributed by atoms with Crippen molar-refractivity contribution >= 4 is 12.0 Å². The Bertz CT molecular complexity index is 488. The van der Waals surface area contributed by atoms with Crippen LogP contribution in [-0.4, -0.2) is 50.6 Å². The fraction of sp³-hybridized carbons (Fsp3) is 0.643.